The fourth-order valence-corrected chi connectivity index (χ4v) is 1.80. The summed E-state index contributed by atoms with van der Waals surface area (Å²) in [7, 11) is 0. The van der Waals surface area contributed by atoms with E-state index in [0.717, 1.165) is 19.4 Å². The smallest absolute Gasteiger partial charge is 0.0142 e. The van der Waals surface area contributed by atoms with Crippen molar-refractivity contribution in [1.29, 1.82) is 0 Å². The number of nitrogens with one attached hydrogen (secondary N) is 1. The van der Waals surface area contributed by atoms with Gasteiger partial charge in [-0.3, -0.25) is 0 Å². The molecule has 88 valence electrons. The van der Waals surface area contributed by atoms with Crippen LogP contribution in [0.25, 0.3) is 0 Å². The molecule has 0 amide bonds. The normalized spacial score (nSPS) is 12.4. The van der Waals surface area contributed by atoms with Gasteiger partial charge < -0.3 is 5.32 Å². The minimum absolute atomic E-state index is 0.528. The van der Waals surface area contributed by atoms with E-state index in [-0.39, 0.29) is 0 Å². The number of aryl methyl sites for hydroxylation is 1. The molecule has 0 aliphatic rings. The Bertz CT molecular complexity index is 300. The highest BCUT2D eigenvalue weighted by Crippen LogP contribution is 2.08. The standard InChI is InChI=1S/C15H23N/c1-4-6-15(16-11-5-2)12-14-9-7-13(3)8-10-14/h4,7-10,15-16H,1,5-6,11-12H2,2-3H3. The highest BCUT2D eigenvalue weighted by Gasteiger charge is 2.06. The maximum Gasteiger partial charge on any atom is 0.0142 e. The molecular weight excluding hydrogens is 194 g/mol. The van der Waals surface area contributed by atoms with Crippen molar-refractivity contribution in [1.82, 2.24) is 5.32 Å². The van der Waals surface area contributed by atoms with Gasteiger partial charge >= 0.3 is 0 Å². The summed E-state index contributed by atoms with van der Waals surface area (Å²) in [6.07, 6.45) is 5.31. The molecule has 0 aliphatic heterocycles. The Balaban J connectivity index is 2.52. The van der Waals surface area contributed by atoms with Crippen LogP contribution in [0.4, 0.5) is 0 Å². The number of benzene rings is 1. The Morgan fingerprint density at radius 2 is 2.00 bits per heavy atom. The van der Waals surface area contributed by atoms with E-state index >= 15 is 0 Å². The Morgan fingerprint density at radius 1 is 1.31 bits per heavy atom. The van der Waals surface area contributed by atoms with Gasteiger partial charge in [0, 0.05) is 6.04 Å². The Labute approximate surface area is 99.6 Å². The summed E-state index contributed by atoms with van der Waals surface area (Å²) in [6, 6.07) is 9.33. The second-order valence-corrected chi connectivity index (χ2v) is 4.37. The average molecular weight is 217 g/mol. The zero-order valence-electron chi connectivity index (χ0n) is 10.5. The van der Waals surface area contributed by atoms with Crippen LogP contribution in [-0.2, 0) is 6.42 Å². The third-order valence-electron chi connectivity index (χ3n) is 2.74. The zero-order valence-corrected chi connectivity index (χ0v) is 10.5. The summed E-state index contributed by atoms with van der Waals surface area (Å²) in [5.41, 5.74) is 2.73. The minimum Gasteiger partial charge on any atom is -0.313 e. The van der Waals surface area contributed by atoms with Crippen molar-refractivity contribution in [2.24, 2.45) is 0 Å². The van der Waals surface area contributed by atoms with E-state index in [9.17, 15) is 0 Å². The van der Waals surface area contributed by atoms with Crippen LogP contribution in [0.2, 0.25) is 0 Å². The van der Waals surface area contributed by atoms with E-state index in [4.69, 9.17) is 0 Å². The SMILES string of the molecule is C=CCC(Cc1ccc(C)cc1)NCCC. The van der Waals surface area contributed by atoms with Crippen molar-refractivity contribution in [3.8, 4) is 0 Å². The van der Waals surface area contributed by atoms with Gasteiger partial charge in [0.2, 0.25) is 0 Å². The predicted octanol–water partition coefficient (Wildman–Crippen LogP) is 3.48. The molecule has 0 saturated heterocycles. The summed E-state index contributed by atoms with van der Waals surface area (Å²) in [4.78, 5) is 0. The fourth-order valence-electron chi connectivity index (χ4n) is 1.80. The number of hydrogen-bond donors (Lipinski definition) is 1. The van der Waals surface area contributed by atoms with Gasteiger partial charge in [-0.05, 0) is 38.3 Å². The molecule has 0 aliphatic carbocycles. The second-order valence-electron chi connectivity index (χ2n) is 4.37. The molecule has 0 bridgehead atoms. The van der Waals surface area contributed by atoms with Crippen LogP contribution in [0.15, 0.2) is 36.9 Å². The van der Waals surface area contributed by atoms with E-state index < -0.39 is 0 Å². The molecule has 0 aromatic heterocycles. The molecule has 1 nitrogen and oxygen atoms in total. The minimum atomic E-state index is 0.528. The highest BCUT2D eigenvalue weighted by atomic mass is 14.9. The molecule has 1 N–H and O–H groups in total. The predicted molar refractivity (Wildman–Crippen MR) is 71.8 cm³/mol. The van der Waals surface area contributed by atoms with Gasteiger partial charge in [0.25, 0.3) is 0 Å². The van der Waals surface area contributed by atoms with Crippen LogP contribution in [0, 0.1) is 6.92 Å². The van der Waals surface area contributed by atoms with Crippen molar-refractivity contribution < 1.29 is 0 Å². The molecule has 0 saturated carbocycles. The summed E-state index contributed by atoms with van der Waals surface area (Å²) < 4.78 is 0. The summed E-state index contributed by atoms with van der Waals surface area (Å²) in [6.45, 7) is 9.24. The molecule has 0 radical (unpaired) electrons. The van der Waals surface area contributed by atoms with E-state index in [1.165, 1.54) is 17.5 Å². The van der Waals surface area contributed by atoms with Crippen molar-refractivity contribution >= 4 is 0 Å². The van der Waals surface area contributed by atoms with Crippen LogP contribution in [0.1, 0.15) is 30.9 Å². The second kappa shape index (κ2) is 7.24. The molecule has 0 heterocycles. The lowest BCUT2D eigenvalue weighted by atomic mass is 10.0. The van der Waals surface area contributed by atoms with Crippen molar-refractivity contribution in [3.63, 3.8) is 0 Å². The van der Waals surface area contributed by atoms with Crippen molar-refractivity contribution in [2.75, 3.05) is 6.54 Å². The lowest BCUT2D eigenvalue weighted by Gasteiger charge is -2.16. The number of rotatable bonds is 7. The number of hydrogen-bond acceptors (Lipinski definition) is 1. The molecule has 1 rings (SSSR count). The van der Waals surface area contributed by atoms with Gasteiger partial charge in [-0.1, -0.05) is 42.8 Å². The molecule has 1 heteroatoms. The van der Waals surface area contributed by atoms with Crippen LogP contribution in [0.5, 0.6) is 0 Å². The van der Waals surface area contributed by atoms with Gasteiger partial charge in [0.1, 0.15) is 0 Å². The van der Waals surface area contributed by atoms with Crippen LogP contribution in [-0.4, -0.2) is 12.6 Å². The fraction of sp³-hybridized carbons (Fsp3) is 0.467. The molecule has 0 fully saturated rings. The molecular formula is C15H23N. The molecule has 0 spiro atoms. The molecule has 16 heavy (non-hydrogen) atoms. The maximum atomic E-state index is 3.82. The lowest BCUT2D eigenvalue weighted by Crippen LogP contribution is -2.31. The Kier molecular flexibility index (Phi) is 5.87. The monoisotopic (exact) mass is 217 g/mol. The summed E-state index contributed by atoms with van der Waals surface area (Å²) in [5.74, 6) is 0. The van der Waals surface area contributed by atoms with Gasteiger partial charge in [0.15, 0.2) is 0 Å². The first kappa shape index (κ1) is 13.0. The van der Waals surface area contributed by atoms with Gasteiger partial charge in [-0.15, -0.1) is 6.58 Å². The van der Waals surface area contributed by atoms with Gasteiger partial charge in [0.05, 0.1) is 0 Å². The average Bonchev–Trinajstić information content (AvgIpc) is 2.29. The summed E-state index contributed by atoms with van der Waals surface area (Å²) >= 11 is 0. The third kappa shape index (κ3) is 4.63. The Morgan fingerprint density at radius 3 is 2.56 bits per heavy atom. The van der Waals surface area contributed by atoms with Crippen molar-refractivity contribution in [3.05, 3.63) is 48.0 Å². The van der Waals surface area contributed by atoms with Crippen LogP contribution >= 0.6 is 0 Å². The Hall–Kier alpha value is -1.08. The zero-order chi connectivity index (χ0) is 11.8. The van der Waals surface area contributed by atoms with E-state index in [2.05, 4.69) is 50.0 Å². The quantitative estimate of drug-likeness (QED) is 0.689. The molecule has 1 aromatic rings. The molecule has 1 aromatic carbocycles. The van der Waals surface area contributed by atoms with E-state index in [1.807, 2.05) is 6.08 Å². The summed E-state index contributed by atoms with van der Waals surface area (Å²) in [5, 5.41) is 3.56. The van der Waals surface area contributed by atoms with Gasteiger partial charge in [-0.25, -0.2) is 0 Å². The van der Waals surface area contributed by atoms with Gasteiger partial charge in [-0.2, -0.15) is 0 Å². The van der Waals surface area contributed by atoms with Crippen LogP contribution in [0.3, 0.4) is 0 Å². The first-order chi connectivity index (χ1) is 7.76. The molecule has 1 atom stereocenters. The third-order valence-corrected chi connectivity index (χ3v) is 2.74. The largest absolute Gasteiger partial charge is 0.313 e. The lowest BCUT2D eigenvalue weighted by molar-refractivity contribution is 0.512. The van der Waals surface area contributed by atoms with Crippen molar-refractivity contribution in [2.45, 2.75) is 39.2 Å². The first-order valence-corrected chi connectivity index (χ1v) is 6.16. The topological polar surface area (TPSA) is 12.0 Å². The van der Waals surface area contributed by atoms with E-state index in [1.54, 1.807) is 0 Å². The first-order valence-electron chi connectivity index (χ1n) is 6.16. The highest BCUT2D eigenvalue weighted by molar-refractivity contribution is 5.22. The van der Waals surface area contributed by atoms with E-state index in [0.29, 0.717) is 6.04 Å². The molecule has 1 unspecified atom stereocenters. The maximum absolute atomic E-state index is 3.82. The van der Waals surface area contributed by atoms with Crippen LogP contribution < -0.4 is 5.32 Å².